The average molecular weight is 322 g/mol. The number of carbonyl (C=O) groups excluding carboxylic acids is 1. The van der Waals surface area contributed by atoms with Crippen molar-refractivity contribution in [3.8, 4) is 0 Å². The third kappa shape index (κ3) is 4.69. The van der Waals surface area contributed by atoms with E-state index in [2.05, 4.69) is 22.6 Å². The highest BCUT2D eigenvalue weighted by molar-refractivity contribution is 5.82. The smallest absolute Gasteiger partial charge is 0.237 e. The van der Waals surface area contributed by atoms with Gasteiger partial charge in [0, 0.05) is 18.6 Å². The fraction of sp³-hybridized carbons (Fsp3) is 0.947. The maximum atomic E-state index is 12.3. The van der Waals surface area contributed by atoms with Gasteiger partial charge in [-0.3, -0.25) is 4.79 Å². The summed E-state index contributed by atoms with van der Waals surface area (Å²) in [6.07, 6.45) is 14.3. The molecule has 3 atom stereocenters. The second kappa shape index (κ2) is 8.48. The molecule has 132 valence electrons. The van der Waals surface area contributed by atoms with Crippen LogP contribution in [0.5, 0.6) is 0 Å². The molecule has 0 aromatic heterocycles. The lowest BCUT2D eigenvalue weighted by atomic mass is 9.85. The van der Waals surface area contributed by atoms with Crippen molar-refractivity contribution in [3.63, 3.8) is 0 Å². The standard InChI is InChI=1S/C19H35N3O/c1-22(16-9-3-2-4-10-16)13-7-12-20-19(23)18-14-15-8-5-6-11-17(15)21-18/h15-18,21H,2-14H2,1H3,(H,20,23). The molecule has 1 aliphatic heterocycles. The Morgan fingerprint density at radius 3 is 2.61 bits per heavy atom. The van der Waals surface area contributed by atoms with E-state index in [9.17, 15) is 4.79 Å². The Hall–Kier alpha value is -0.610. The van der Waals surface area contributed by atoms with Crippen molar-refractivity contribution in [2.45, 2.75) is 88.8 Å². The first-order valence-corrected chi connectivity index (χ1v) is 9.98. The number of fused-ring (bicyclic) bond motifs is 1. The van der Waals surface area contributed by atoms with Gasteiger partial charge in [0.1, 0.15) is 0 Å². The molecule has 3 rings (SSSR count). The van der Waals surface area contributed by atoms with Crippen LogP contribution in [0.15, 0.2) is 0 Å². The van der Waals surface area contributed by atoms with Crippen molar-refractivity contribution >= 4 is 5.91 Å². The van der Waals surface area contributed by atoms with Crippen LogP contribution in [-0.4, -0.2) is 49.1 Å². The first-order valence-electron chi connectivity index (χ1n) is 9.98. The second-order valence-electron chi connectivity index (χ2n) is 8.02. The first kappa shape index (κ1) is 17.2. The second-order valence-corrected chi connectivity index (χ2v) is 8.02. The molecule has 4 heteroatoms. The molecular weight excluding hydrogens is 286 g/mol. The van der Waals surface area contributed by atoms with Gasteiger partial charge in [0.2, 0.25) is 5.91 Å². The number of hydrogen-bond donors (Lipinski definition) is 2. The number of carbonyl (C=O) groups is 1. The van der Waals surface area contributed by atoms with Gasteiger partial charge in [-0.15, -0.1) is 0 Å². The van der Waals surface area contributed by atoms with E-state index in [-0.39, 0.29) is 11.9 Å². The van der Waals surface area contributed by atoms with Crippen molar-refractivity contribution in [1.29, 1.82) is 0 Å². The SMILES string of the molecule is CN(CCCNC(=O)C1CC2CCCCC2N1)C1CCCCC1. The minimum absolute atomic E-state index is 0.0687. The molecule has 23 heavy (non-hydrogen) atoms. The maximum Gasteiger partial charge on any atom is 0.237 e. The number of hydrogen-bond acceptors (Lipinski definition) is 3. The Kier molecular flexibility index (Phi) is 6.35. The van der Waals surface area contributed by atoms with Gasteiger partial charge < -0.3 is 15.5 Å². The van der Waals surface area contributed by atoms with Crippen LogP contribution in [-0.2, 0) is 4.79 Å². The summed E-state index contributed by atoms with van der Waals surface area (Å²) >= 11 is 0. The molecule has 0 aromatic carbocycles. The van der Waals surface area contributed by atoms with E-state index in [0.717, 1.165) is 37.9 Å². The Bertz CT molecular complexity index is 367. The predicted molar refractivity (Wildman–Crippen MR) is 94.4 cm³/mol. The van der Waals surface area contributed by atoms with Gasteiger partial charge in [0.15, 0.2) is 0 Å². The molecule has 3 fully saturated rings. The summed E-state index contributed by atoms with van der Waals surface area (Å²) in [5, 5.41) is 6.74. The highest BCUT2D eigenvalue weighted by Crippen LogP contribution is 2.33. The molecule has 0 aromatic rings. The topological polar surface area (TPSA) is 44.4 Å². The van der Waals surface area contributed by atoms with Crippen LogP contribution >= 0.6 is 0 Å². The number of nitrogens with zero attached hydrogens (tertiary/aromatic N) is 1. The highest BCUT2D eigenvalue weighted by atomic mass is 16.2. The predicted octanol–water partition coefficient (Wildman–Crippen LogP) is 2.68. The van der Waals surface area contributed by atoms with Crippen LogP contribution in [0.2, 0.25) is 0 Å². The summed E-state index contributed by atoms with van der Waals surface area (Å²) in [5.74, 6) is 0.983. The summed E-state index contributed by atoms with van der Waals surface area (Å²) in [4.78, 5) is 14.9. The van der Waals surface area contributed by atoms with E-state index in [0.29, 0.717) is 6.04 Å². The molecule has 0 spiro atoms. The lowest BCUT2D eigenvalue weighted by molar-refractivity contribution is -0.122. The summed E-state index contributed by atoms with van der Waals surface area (Å²) in [6.45, 7) is 1.93. The zero-order valence-corrected chi connectivity index (χ0v) is 14.9. The Balaban J connectivity index is 1.30. The van der Waals surface area contributed by atoms with Gasteiger partial charge in [-0.2, -0.15) is 0 Å². The Morgan fingerprint density at radius 2 is 1.83 bits per heavy atom. The lowest BCUT2D eigenvalue weighted by Crippen LogP contribution is -2.44. The summed E-state index contributed by atoms with van der Waals surface area (Å²) in [5.41, 5.74) is 0. The van der Waals surface area contributed by atoms with E-state index in [1.54, 1.807) is 0 Å². The van der Waals surface area contributed by atoms with Crippen LogP contribution < -0.4 is 10.6 Å². The van der Waals surface area contributed by atoms with Crippen LogP contribution in [0.4, 0.5) is 0 Å². The lowest BCUT2D eigenvalue weighted by Gasteiger charge is -2.31. The monoisotopic (exact) mass is 321 g/mol. The third-order valence-corrected chi connectivity index (χ3v) is 6.36. The number of amides is 1. The molecule has 3 aliphatic rings. The molecule has 2 saturated carbocycles. The molecule has 3 unspecified atom stereocenters. The fourth-order valence-corrected chi connectivity index (χ4v) is 4.89. The quantitative estimate of drug-likeness (QED) is 0.739. The van der Waals surface area contributed by atoms with E-state index in [1.807, 2.05) is 0 Å². The average Bonchev–Trinajstić information content (AvgIpc) is 3.03. The van der Waals surface area contributed by atoms with Crippen LogP contribution in [0.25, 0.3) is 0 Å². The minimum atomic E-state index is 0.0687. The molecule has 2 aliphatic carbocycles. The summed E-state index contributed by atoms with van der Waals surface area (Å²) in [7, 11) is 2.25. The van der Waals surface area contributed by atoms with E-state index < -0.39 is 0 Å². The van der Waals surface area contributed by atoms with Gasteiger partial charge in [-0.05, 0) is 58.0 Å². The zero-order valence-electron chi connectivity index (χ0n) is 14.9. The molecule has 2 N–H and O–H groups in total. The fourth-order valence-electron chi connectivity index (χ4n) is 4.89. The minimum Gasteiger partial charge on any atom is -0.355 e. The number of nitrogens with one attached hydrogen (secondary N) is 2. The summed E-state index contributed by atoms with van der Waals surface area (Å²) < 4.78 is 0. The van der Waals surface area contributed by atoms with E-state index >= 15 is 0 Å². The Morgan fingerprint density at radius 1 is 1.09 bits per heavy atom. The van der Waals surface area contributed by atoms with Crippen LogP contribution in [0.1, 0.15) is 70.6 Å². The molecule has 1 saturated heterocycles. The zero-order chi connectivity index (χ0) is 16.1. The van der Waals surface area contributed by atoms with Crippen molar-refractivity contribution in [1.82, 2.24) is 15.5 Å². The number of rotatable bonds is 6. The van der Waals surface area contributed by atoms with Gasteiger partial charge >= 0.3 is 0 Å². The van der Waals surface area contributed by atoms with Gasteiger partial charge in [-0.1, -0.05) is 32.1 Å². The first-order chi connectivity index (χ1) is 11.2. The summed E-state index contributed by atoms with van der Waals surface area (Å²) in [6, 6.07) is 1.45. The third-order valence-electron chi connectivity index (χ3n) is 6.36. The normalized spacial score (nSPS) is 32.0. The van der Waals surface area contributed by atoms with Crippen molar-refractivity contribution in [3.05, 3.63) is 0 Å². The van der Waals surface area contributed by atoms with E-state index in [4.69, 9.17) is 0 Å². The van der Waals surface area contributed by atoms with Gasteiger partial charge in [-0.25, -0.2) is 0 Å². The van der Waals surface area contributed by atoms with Crippen LogP contribution in [0.3, 0.4) is 0 Å². The molecule has 0 bridgehead atoms. The molecule has 1 heterocycles. The van der Waals surface area contributed by atoms with Crippen molar-refractivity contribution in [2.24, 2.45) is 5.92 Å². The largest absolute Gasteiger partial charge is 0.355 e. The van der Waals surface area contributed by atoms with Crippen molar-refractivity contribution < 1.29 is 4.79 Å². The molecule has 1 amide bonds. The van der Waals surface area contributed by atoms with Gasteiger partial charge in [0.05, 0.1) is 6.04 Å². The van der Waals surface area contributed by atoms with E-state index in [1.165, 1.54) is 57.8 Å². The van der Waals surface area contributed by atoms with Gasteiger partial charge in [0.25, 0.3) is 0 Å². The maximum absolute atomic E-state index is 12.3. The molecule has 4 nitrogen and oxygen atoms in total. The Labute approximate surface area is 141 Å². The van der Waals surface area contributed by atoms with Crippen LogP contribution in [0, 0.1) is 5.92 Å². The van der Waals surface area contributed by atoms with Crippen molar-refractivity contribution in [2.75, 3.05) is 20.1 Å². The molecular formula is C19H35N3O. The highest BCUT2D eigenvalue weighted by Gasteiger charge is 2.37. The molecule has 0 radical (unpaired) electrons.